The number of H-pyrrole nitrogens is 1. The number of primary amides is 1. The number of nitrogens with two attached hydrogens (primary N) is 1. The van der Waals surface area contributed by atoms with E-state index in [1.54, 1.807) is 12.1 Å². The third-order valence-electron chi connectivity index (χ3n) is 5.63. The van der Waals surface area contributed by atoms with Crippen LogP contribution in [0.25, 0.3) is 11.4 Å². The summed E-state index contributed by atoms with van der Waals surface area (Å²) in [4.78, 5) is 36.2. The molecule has 0 saturated carbocycles. The first-order valence-electron chi connectivity index (χ1n) is 9.54. The molecule has 1 saturated heterocycles. The first kappa shape index (κ1) is 17.7. The van der Waals surface area contributed by atoms with Crippen LogP contribution in [-0.2, 0) is 17.8 Å². The molecule has 142 valence electrons. The zero-order valence-corrected chi connectivity index (χ0v) is 15.6. The maximum Gasteiger partial charge on any atom is 0.248 e. The topological polar surface area (TPSA) is 95.3 Å². The number of imidazole rings is 1. The van der Waals surface area contributed by atoms with Crippen LogP contribution in [0, 0.1) is 0 Å². The third-order valence-corrected chi connectivity index (χ3v) is 5.63. The Labute approximate surface area is 158 Å². The van der Waals surface area contributed by atoms with E-state index in [0.29, 0.717) is 12.1 Å². The Bertz CT molecular complexity index is 852. The van der Waals surface area contributed by atoms with Crippen LogP contribution in [0.3, 0.4) is 0 Å². The highest BCUT2D eigenvalue weighted by atomic mass is 16.2. The molecular weight excluding hydrogens is 342 g/mol. The maximum absolute atomic E-state index is 12.7. The van der Waals surface area contributed by atoms with Crippen molar-refractivity contribution in [2.75, 3.05) is 19.6 Å². The summed E-state index contributed by atoms with van der Waals surface area (Å²) < 4.78 is 0. The number of hydrogen-bond donors (Lipinski definition) is 2. The van der Waals surface area contributed by atoms with Crippen LogP contribution in [0.5, 0.6) is 0 Å². The average Bonchev–Trinajstić information content (AvgIpc) is 3.36. The minimum absolute atomic E-state index is 0.113. The zero-order valence-electron chi connectivity index (χ0n) is 15.6. The molecule has 2 aliphatic heterocycles. The number of aromatic amines is 1. The number of nitrogens with zero attached hydrogens (tertiary/aromatic N) is 3. The van der Waals surface area contributed by atoms with Crippen LogP contribution in [-0.4, -0.2) is 57.3 Å². The van der Waals surface area contributed by atoms with Gasteiger partial charge in [0.25, 0.3) is 0 Å². The Hall–Kier alpha value is -2.67. The summed E-state index contributed by atoms with van der Waals surface area (Å²) >= 11 is 0. The van der Waals surface area contributed by atoms with E-state index in [4.69, 9.17) is 10.7 Å². The Kier molecular flexibility index (Phi) is 4.70. The summed E-state index contributed by atoms with van der Waals surface area (Å²) in [7, 11) is 0. The van der Waals surface area contributed by atoms with Crippen LogP contribution in [0.1, 0.15) is 41.5 Å². The molecule has 3 N–H and O–H groups in total. The highest BCUT2D eigenvalue weighted by Crippen LogP contribution is 2.25. The Morgan fingerprint density at radius 3 is 2.52 bits per heavy atom. The molecular formula is C20H25N5O2. The molecule has 2 aromatic rings. The lowest BCUT2D eigenvalue weighted by Crippen LogP contribution is -2.47. The number of benzene rings is 1. The molecule has 1 atom stereocenters. The van der Waals surface area contributed by atoms with Crippen LogP contribution >= 0.6 is 0 Å². The summed E-state index contributed by atoms with van der Waals surface area (Å²) in [5.74, 6) is 0.585. The van der Waals surface area contributed by atoms with Crippen LogP contribution in [0.2, 0.25) is 0 Å². The van der Waals surface area contributed by atoms with Crippen molar-refractivity contribution in [3.05, 3.63) is 41.2 Å². The lowest BCUT2D eigenvalue weighted by atomic mass is 10.1. The van der Waals surface area contributed by atoms with Gasteiger partial charge in [0.05, 0.1) is 17.4 Å². The van der Waals surface area contributed by atoms with E-state index in [0.717, 1.165) is 61.7 Å². The van der Waals surface area contributed by atoms with Gasteiger partial charge in [-0.2, -0.15) is 0 Å². The Balaban J connectivity index is 1.48. The fourth-order valence-corrected chi connectivity index (χ4v) is 3.93. The third kappa shape index (κ3) is 3.47. The van der Waals surface area contributed by atoms with Gasteiger partial charge in [0.2, 0.25) is 11.8 Å². The Morgan fingerprint density at radius 2 is 1.85 bits per heavy atom. The number of hydrogen-bond acceptors (Lipinski definition) is 4. The number of likely N-dealkylation sites (tertiary alicyclic amines) is 1. The van der Waals surface area contributed by atoms with Gasteiger partial charge in [-0.3, -0.25) is 14.5 Å². The molecule has 2 aliphatic rings. The van der Waals surface area contributed by atoms with Crippen molar-refractivity contribution in [3.8, 4) is 11.4 Å². The molecule has 2 amide bonds. The van der Waals surface area contributed by atoms with E-state index in [1.807, 2.05) is 24.0 Å². The van der Waals surface area contributed by atoms with E-state index in [1.165, 1.54) is 0 Å². The molecule has 27 heavy (non-hydrogen) atoms. The number of amides is 2. The van der Waals surface area contributed by atoms with Gasteiger partial charge in [-0.15, -0.1) is 0 Å². The summed E-state index contributed by atoms with van der Waals surface area (Å²) in [6, 6.07) is 7.01. The number of carbonyl (C=O) groups is 2. The summed E-state index contributed by atoms with van der Waals surface area (Å²) in [6.45, 7) is 5.31. The van der Waals surface area contributed by atoms with Gasteiger partial charge in [0.1, 0.15) is 5.82 Å². The van der Waals surface area contributed by atoms with Gasteiger partial charge in [0.15, 0.2) is 0 Å². The predicted molar refractivity (Wildman–Crippen MR) is 102 cm³/mol. The second kappa shape index (κ2) is 7.15. The highest BCUT2D eigenvalue weighted by Gasteiger charge is 2.31. The number of nitrogens with one attached hydrogen (secondary N) is 1. The summed E-state index contributed by atoms with van der Waals surface area (Å²) in [5.41, 5.74) is 8.82. The van der Waals surface area contributed by atoms with Crippen molar-refractivity contribution in [2.45, 2.75) is 38.8 Å². The van der Waals surface area contributed by atoms with E-state index >= 15 is 0 Å². The monoisotopic (exact) mass is 367 g/mol. The number of carbonyl (C=O) groups excluding carboxylic acids is 2. The first-order valence-corrected chi connectivity index (χ1v) is 9.54. The fraction of sp³-hybridized carbons (Fsp3) is 0.450. The Morgan fingerprint density at radius 1 is 1.15 bits per heavy atom. The lowest BCUT2D eigenvalue weighted by Gasteiger charge is -2.33. The van der Waals surface area contributed by atoms with Crippen molar-refractivity contribution in [2.24, 2.45) is 5.73 Å². The van der Waals surface area contributed by atoms with Crippen molar-refractivity contribution < 1.29 is 9.59 Å². The van der Waals surface area contributed by atoms with E-state index in [2.05, 4.69) is 9.88 Å². The molecule has 7 heteroatoms. The van der Waals surface area contributed by atoms with E-state index in [-0.39, 0.29) is 11.9 Å². The zero-order chi connectivity index (χ0) is 19.0. The number of rotatable bonds is 4. The van der Waals surface area contributed by atoms with Crippen LogP contribution in [0.15, 0.2) is 24.3 Å². The summed E-state index contributed by atoms with van der Waals surface area (Å²) in [5, 5.41) is 0. The second-order valence-corrected chi connectivity index (χ2v) is 7.38. The standard InChI is InChI=1S/C20H25N5O2/c1-13(20(27)24-9-2-3-10-24)25-11-8-16-17(12-25)23-19(22-16)15-6-4-14(5-7-15)18(21)26/h4-7,13H,2-3,8-12H2,1H3,(H2,21,26)(H,22,23)/t13-/m0/s1. The quantitative estimate of drug-likeness (QED) is 0.857. The second-order valence-electron chi connectivity index (χ2n) is 7.38. The smallest absolute Gasteiger partial charge is 0.248 e. The molecule has 1 fully saturated rings. The molecule has 3 heterocycles. The molecule has 0 unspecified atom stereocenters. The van der Waals surface area contributed by atoms with E-state index < -0.39 is 5.91 Å². The van der Waals surface area contributed by atoms with Crippen molar-refractivity contribution in [1.82, 2.24) is 19.8 Å². The maximum atomic E-state index is 12.7. The number of fused-ring (bicyclic) bond motifs is 1. The molecule has 0 spiro atoms. The lowest BCUT2D eigenvalue weighted by molar-refractivity contribution is -0.135. The first-order chi connectivity index (χ1) is 13.0. The van der Waals surface area contributed by atoms with Gasteiger partial charge < -0.3 is 15.6 Å². The molecule has 1 aromatic heterocycles. The van der Waals surface area contributed by atoms with Gasteiger partial charge in [-0.1, -0.05) is 12.1 Å². The summed E-state index contributed by atoms with van der Waals surface area (Å²) in [6.07, 6.45) is 3.05. The molecule has 0 aliphatic carbocycles. The normalized spacial score (nSPS) is 18.3. The fourth-order valence-electron chi connectivity index (χ4n) is 3.93. The van der Waals surface area contributed by atoms with Gasteiger partial charge in [0, 0.05) is 43.7 Å². The van der Waals surface area contributed by atoms with Gasteiger partial charge in [-0.25, -0.2) is 4.98 Å². The van der Waals surface area contributed by atoms with Crippen LogP contribution < -0.4 is 5.73 Å². The predicted octanol–water partition coefficient (Wildman–Crippen LogP) is 1.54. The van der Waals surface area contributed by atoms with E-state index in [9.17, 15) is 9.59 Å². The average molecular weight is 367 g/mol. The van der Waals surface area contributed by atoms with Gasteiger partial charge >= 0.3 is 0 Å². The van der Waals surface area contributed by atoms with Crippen molar-refractivity contribution >= 4 is 11.8 Å². The molecule has 0 bridgehead atoms. The van der Waals surface area contributed by atoms with Crippen LogP contribution in [0.4, 0.5) is 0 Å². The molecule has 1 aromatic carbocycles. The SMILES string of the molecule is C[C@@H](C(=O)N1CCCC1)N1CCc2nc(-c3ccc(C(N)=O)cc3)[nH]c2C1. The number of aromatic nitrogens is 2. The molecule has 4 rings (SSSR count). The van der Waals surface area contributed by atoms with Crippen molar-refractivity contribution in [3.63, 3.8) is 0 Å². The molecule has 0 radical (unpaired) electrons. The van der Waals surface area contributed by atoms with Crippen molar-refractivity contribution in [1.29, 1.82) is 0 Å². The minimum atomic E-state index is -0.437. The van der Waals surface area contributed by atoms with Gasteiger partial charge in [-0.05, 0) is 31.9 Å². The molecule has 7 nitrogen and oxygen atoms in total. The minimum Gasteiger partial charge on any atom is -0.366 e. The largest absolute Gasteiger partial charge is 0.366 e. The highest BCUT2D eigenvalue weighted by molar-refractivity contribution is 5.93.